The van der Waals surface area contributed by atoms with Crippen molar-refractivity contribution >= 4 is 23.1 Å². The predicted molar refractivity (Wildman–Crippen MR) is 133 cm³/mol. The maximum Gasteiger partial charge on any atom is 0.410 e. The first kappa shape index (κ1) is 23.8. The number of rotatable bonds is 3. The van der Waals surface area contributed by atoms with Crippen LogP contribution in [-0.4, -0.2) is 74.6 Å². The number of anilines is 1. The van der Waals surface area contributed by atoms with Crippen LogP contribution >= 0.6 is 0 Å². The van der Waals surface area contributed by atoms with Crippen molar-refractivity contribution in [3.63, 3.8) is 0 Å². The number of hydrogen-bond acceptors (Lipinski definition) is 7. The number of carbonyl (C=O) groups excluding carboxylic acids is 1. The number of hydrogen-bond donors (Lipinski definition) is 1. The van der Waals surface area contributed by atoms with Crippen LogP contribution in [0.2, 0.25) is 0 Å². The van der Waals surface area contributed by atoms with E-state index >= 15 is 0 Å². The van der Waals surface area contributed by atoms with E-state index in [0.29, 0.717) is 49.9 Å². The minimum Gasteiger partial charge on any atom is -0.444 e. The number of carbonyl (C=O) groups is 1. The number of nitrogens with one attached hydrogen (secondary N) is 1. The summed E-state index contributed by atoms with van der Waals surface area (Å²) >= 11 is 0. The lowest BCUT2D eigenvalue weighted by Gasteiger charge is -2.36. The van der Waals surface area contributed by atoms with Crippen LogP contribution in [0.4, 0.5) is 10.5 Å². The fraction of sp³-hybridized carbons (Fsp3) is 0.680. The lowest BCUT2D eigenvalue weighted by molar-refractivity contribution is -0.00164. The fourth-order valence-electron chi connectivity index (χ4n) is 5.31. The molecule has 190 valence electrons. The predicted octanol–water partition coefficient (Wildman–Crippen LogP) is 3.15. The Morgan fingerprint density at radius 2 is 2.00 bits per heavy atom. The van der Waals surface area contributed by atoms with Gasteiger partial charge >= 0.3 is 6.09 Å². The van der Waals surface area contributed by atoms with Crippen LogP contribution < -0.4 is 10.5 Å². The van der Waals surface area contributed by atoms with Crippen molar-refractivity contribution in [3.8, 4) is 0 Å². The van der Waals surface area contributed by atoms with E-state index in [-0.39, 0.29) is 17.3 Å². The molecule has 2 aromatic heterocycles. The minimum atomic E-state index is -0.533. The molecule has 2 aromatic rings. The van der Waals surface area contributed by atoms with E-state index in [9.17, 15) is 9.59 Å². The third-order valence-corrected chi connectivity index (χ3v) is 7.19. The highest BCUT2D eigenvalue weighted by Crippen LogP contribution is 2.40. The highest BCUT2D eigenvalue weighted by atomic mass is 16.6. The molecule has 10 nitrogen and oxygen atoms in total. The lowest BCUT2D eigenvalue weighted by Crippen LogP contribution is -2.51. The molecule has 4 heterocycles. The molecule has 2 fully saturated rings. The van der Waals surface area contributed by atoms with Gasteiger partial charge < -0.3 is 24.3 Å². The monoisotopic (exact) mass is 484 g/mol. The van der Waals surface area contributed by atoms with Crippen LogP contribution in [0.15, 0.2) is 10.9 Å². The molecule has 1 unspecified atom stereocenters. The van der Waals surface area contributed by atoms with Crippen LogP contribution in [0.25, 0.3) is 11.4 Å². The maximum atomic E-state index is 13.6. The van der Waals surface area contributed by atoms with Gasteiger partial charge in [-0.15, -0.1) is 5.10 Å². The van der Waals surface area contributed by atoms with Gasteiger partial charge in [-0.25, -0.2) is 4.79 Å². The zero-order chi connectivity index (χ0) is 24.8. The molecule has 1 N–H and O–H groups in total. The van der Waals surface area contributed by atoms with E-state index in [4.69, 9.17) is 9.47 Å². The molecule has 10 heteroatoms. The number of fused-ring (bicyclic) bond motifs is 1. The molecule has 5 rings (SSSR count). The molecule has 0 saturated carbocycles. The molecule has 2 aliphatic heterocycles. The van der Waals surface area contributed by atoms with Crippen molar-refractivity contribution in [2.45, 2.75) is 77.4 Å². The average molecular weight is 485 g/mol. The Balaban J connectivity index is 1.37. The van der Waals surface area contributed by atoms with Crippen molar-refractivity contribution in [1.29, 1.82) is 0 Å². The Morgan fingerprint density at radius 1 is 1.23 bits per heavy atom. The van der Waals surface area contributed by atoms with E-state index in [1.165, 1.54) is 4.52 Å². The van der Waals surface area contributed by atoms with Crippen LogP contribution in [-0.2, 0) is 15.9 Å². The van der Waals surface area contributed by atoms with E-state index in [1.54, 1.807) is 4.90 Å². The summed E-state index contributed by atoms with van der Waals surface area (Å²) in [5, 5.41) is 4.61. The third kappa shape index (κ3) is 4.68. The van der Waals surface area contributed by atoms with Gasteiger partial charge in [0, 0.05) is 38.5 Å². The van der Waals surface area contributed by atoms with Gasteiger partial charge in [0.1, 0.15) is 11.3 Å². The summed E-state index contributed by atoms with van der Waals surface area (Å²) in [4.78, 5) is 37.8. The number of ether oxygens (including phenoxy) is 2. The van der Waals surface area contributed by atoms with E-state index in [2.05, 4.69) is 21.1 Å². The second-order valence-corrected chi connectivity index (χ2v) is 10.8. The molecule has 0 aromatic carbocycles. The molecule has 0 bridgehead atoms. The summed E-state index contributed by atoms with van der Waals surface area (Å²) in [6.07, 6.45) is 7.46. The van der Waals surface area contributed by atoms with Crippen LogP contribution in [0.3, 0.4) is 0 Å². The molecule has 1 spiro atoms. The first-order valence-corrected chi connectivity index (χ1v) is 12.8. The van der Waals surface area contributed by atoms with Crippen molar-refractivity contribution in [2.75, 3.05) is 37.7 Å². The van der Waals surface area contributed by atoms with Crippen LogP contribution in [0.5, 0.6) is 0 Å². The molecule has 0 radical (unpaired) electrons. The van der Waals surface area contributed by atoms with Gasteiger partial charge in [-0.05, 0) is 64.9 Å². The van der Waals surface area contributed by atoms with Crippen LogP contribution in [0, 0.1) is 0 Å². The smallest absolute Gasteiger partial charge is 0.410 e. The molecule has 1 atom stereocenters. The second-order valence-electron chi connectivity index (χ2n) is 10.8. The molecule has 35 heavy (non-hydrogen) atoms. The molecular formula is C25H36N6O4. The third-order valence-electron chi connectivity index (χ3n) is 7.19. The number of H-pyrrole nitrogens is 1. The Bertz CT molecular complexity index is 1190. The summed E-state index contributed by atoms with van der Waals surface area (Å²) in [5.41, 5.74) is 1.80. The summed E-state index contributed by atoms with van der Waals surface area (Å²) < 4.78 is 12.9. The van der Waals surface area contributed by atoms with Crippen molar-refractivity contribution < 1.29 is 14.3 Å². The van der Waals surface area contributed by atoms with Gasteiger partial charge in [-0.2, -0.15) is 9.50 Å². The number of piperazine rings is 1. The lowest BCUT2D eigenvalue weighted by atomic mass is 9.83. The Morgan fingerprint density at radius 3 is 2.60 bits per heavy atom. The first-order chi connectivity index (χ1) is 16.7. The molecule has 2 saturated heterocycles. The Labute approximate surface area is 205 Å². The molecule has 1 aliphatic carbocycles. The molecule has 1 amide bonds. The number of nitrogens with zero attached hydrogens (tertiary/aromatic N) is 5. The second kappa shape index (κ2) is 8.96. The number of aromatic amines is 1. The fourth-order valence-corrected chi connectivity index (χ4v) is 5.31. The molecule has 3 aliphatic rings. The Kier molecular flexibility index (Phi) is 6.11. The topological polar surface area (TPSA) is 105 Å². The van der Waals surface area contributed by atoms with Crippen molar-refractivity contribution in [3.05, 3.63) is 27.9 Å². The highest BCUT2D eigenvalue weighted by molar-refractivity contribution is 5.69. The zero-order valence-corrected chi connectivity index (χ0v) is 21.2. The van der Waals surface area contributed by atoms with Crippen molar-refractivity contribution in [1.82, 2.24) is 24.5 Å². The quantitative estimate of drug-likeness (QED) is 0.713. The van der Waals surface area contributed by atoms with Gasteiger partial charge in [0.15, 0.2) is 5.82 Å². The van der Waals surface area contributed by atoms with Gasteiger partial charge in [-0.3, -0.25) is 4.79 Å². The summed E-state index contributed by atoms with van der Waals surface area (Å²) in [5.74, 6) is 1.08. The summed E-state index contributed by atoms with van der Waals surface area (Å²) in [7, 11) is 0. The van der Waals surface area contributed by atoms with E-state index in [1.807, 2.05) is 32.6 Å². The number of allylic oxidation sites excluding steroid dienone is 1. The van der Waals surface area contributed by atoms with Gasteiger partial charge in [0.05, 0.1) is 5.60 Å². The van der Waals surface area contributed by atoms with Crippen LogP contribution in [0.1, 0.15) is 71.3 Å². The summed E-state index contributed by atoms with van der Waals surface area (Å²) in [6, 6.07) is 0. The van der Waals surface area contributed by atoms with Crippen molar-refractivity contribution in [2.24, 2.45) is 0 Å². The highest BCUT2D eigenvalue weighted by Gasteiger charge is 2.37. The zero-order valence-electron chi connectivity index (χ0n) is 21.2. The normalized spacial score (nSPS) is 23.3. The maximum absolute atomic E-state index is 13.6. The average Bonchev–Trinajstić information content (AvgIpc) is 3.46. The number of aryl methyl sites for hydroxylation is 1. The minimum absolute atomic E-state index is 0.0114. The largest absolute Gasteiger partial charge is 0.444 e. The van der Waals surface area contributed by atoms with Gasteiger partial charge in [0.25, 0.3) is 5.56 Å². The standard InChI is InChI=1S/C25H36N6O4/c1-5-18-19(29-12-14-30(15-13-29)23(33)35-24(2,3)4)21(32)31-22(26-18)27-20(28-31)17-7-10-25(11-8-17)9-6-16-34-25/h7H,5-6,8-16H2,1-4H3,(H,26,27,28). The molecular weight excluding hydrogens is 448 g/mol. The SMILES string of the molecule is CCc1[nH]c2nc(C3=CCC4(CCCO4)CC3)nn2c(=O)c1N1CCN(C(=O)OC(C)(C)C)CC1. The van der Waals surface area contributed by atoms with E-state index < -0.39 is 5.60 Å². The van der Waals surface area contributed by atoms with Gasteiger partial charge in [-0.1, -0.05) is 13.0 Å². The van der Waals surface area contributed by atoms with E-state index in [0.717, 1.165) is 50.0 Å². The number of amides is 1. The summed E-state index contributed by atoms with van der Waals surface area (Å²) in [6.45, 7) is 10.5. The first-order valence-electron chi connectivity index (χ1n) is 12.8. The Hall–Kier alpha value is -2.88. The van der Waals surface area contributed by atoms with Gasteiger partial charge in [0.2, 0.25) is 5.78 Å². The number of aromatic nitrogens is 4.